The van der Waals surface area contributed by atoms with Gasteiger partial charge in [0.25, 0.3) is 0 Å². The Hall–Kier alpha value is -0.340. The molecule has 4 aliphatic carbocycles. The molecule has 0 bridgehead atoms. The second-order valence-electron chi connectivity index (χ2n) is 11.2. The lowest BCUT2D eigenvalue weighted by Gasteiger charge is -2.61. The van der Waals surface area contributed by atoms with Crippen LogP contribution < -0.4 is 0 Å². The van der Waals surface area contributed by atoms with Crippen molar-refractivity contribution in [1.29, 1.82) is 0 Å². The largest absolute Gasteiger partial charge is 0.396 e. The van der Waals surface area contributed by atoms with Crippen LogP contribution in [0.2, 0.25) is 0 Å². The van der Waals surface area contributed by atoms with Gasteiger partial charge in [-0.2, -0.15) is 0 Å². The predicted molar refractivity (Wildman–Crippen MR) is 111 cm³/mol. The highest BCUT2D eigenvalue weighted by atomic mass is 16.3. The first-order chi connectivity index (χ1) is 12.7. The van der Waals surface area contributed by atoms with Crippen molar-refractivity contribution in [3.05, 3.63) is 11.6 Å². The van der Waals surface area contributed by atoms with Crippen LogP contribution in [0.3, 0.4) is 0 Å². The smallest absolute Gasteiger partial charge is 0.0752 e. The Labute approximate surface area is 166 Å². The van der Waals surface area contributed by atoms with Crippen molar-refractivity contribution in [1.82, 2.24) is 0 Å². The van der Waals surface area contributed by atoms with Gasteiger partial charge in [0.15, 0.2) is 0 Å². The van der Waals surface area contributed by atoms with E-state index in [2.05, 4.69) is 40.7 Å². The highest BCUT2D eigenvalue weighted by Gasteiger charge is 2.61. The molecule has 3 saturated carbocycles. The number of rotatable bonds is 3. The summed E-state index contributed by atoms with van der Waals surface area (Å²) in [6, 6.07) is 0. The molecule has 2 heteroatoms. The summed E-state index contributed by atoms with van der Waals surface area (Å²) in [5.74, 6) is 4.91. The second kappa shape index (κ2) is 6.87. The van der Waals surface area contributed by atoms with Gasteiger partial charge in [-0.15, -0.1) is 0 Å². The molecule has 0 aromatic carbocycles. The summed E-state index contributed by atoms with van der Waals surface area (Å²) in [6.45, 7) is 12.5. The molecule has 4 aliphatic rings. The fraction of sp³-hybridized carbons (Fsp3) is 0.920. The van der Waals surface area contributed by atoms with E-state index < -0.39 is 0 Å². The molecular weight excluding hydrogens is 332 g/mol. The van der Waals surface area contributed by atoms with Crippen molar-refractivity contribution in [2.75, 3.05) is 6.61 Å². The fourth-order valence-corrected chi connectivity index (χ4v) is 8.74. The number of aliphatic hydroxyl groups excluding tert-OH is 2. The minimum atomic E-state index is -0.247. The molecule has 27 heavy (non-hydrogen) atoms. The Kier molecular flexibility index (Phi) is 5.08. The van der Waals surface area contributed by atoms with Crippen molar-refractivity contribution < 1.29 is 10.2 Å². The molecule has 10 atom stereocenters. The Bertz CT molecular complexity index is 597. The minimum absolute atomic E-state index is 0.247. The van der Waals surface area contributed by atoms with Crippen molar-refractivity contribution in [3.8, 4) is 0 Å². The first kappa shape index (κ1) is 20.0. The summed E-state index contributed by atoms with van der Waals surface area (Å²) < 4.78 is 0. The van der Waals surface area contributed by atoms with Gasteiger partial charge in [-0.25, -0.2) is 0 Å². The van der Waals surface area contributed by atoms with E-state index in [0.29, 0.717) is 29.8 Å². The standard InChI is InChI=1S/C25H42O2/c1-15(11-13-26)20-8-9-21-19-7-6-18-14-23(27)16(2)17(3)25(18,5)22(19)10-12-24(20,21)4/h14-17,19-23,26-27H,6-13H2,1-5H3/t15?,16?,17?,19-,20+,21-,22+,23?,24+,25+/m0/s1. The van der Waals surface area contributed by atoms with Gasteiger partial charge < -0.3 is 10.2 Å². The number of allylic oxidation sites excluding steroid dienone is 1. The van der Waals surface area contributed by atoms with Gasteiger partial charge in [0.1, 0.15) is 0 Å². The summed E-state index contributed by atoms with van der Waals surface area (Å²) in [5.41, 5.74) is 2.35. The number of fused-ring (bicyclic) bond motifs is 5. The summed E-state index contributed by atoms with van der Waals surface area (Å²) in [4.78, 5) is 0. The van der Waals surface area contributed by atoms with Gasteiger partial charge in [-0.3, -0.25) is 0 Å². The van der Waals surface area contributed by atoms with Crippen molar-refractivity contribution in [2.45, 2.75) is 85.7 Å². The van der Waals surface area contributed by atoms with Gasteiger partial charge >= 0.3 is 0 Å². The fourth-order valence-electron chi connectivity index (χ4n) is 8.74. The van der Waals surface area contributed by atoms with E-state index in [9.17, 15) is 10.2 Å². The van der Waals surface area contributed by atoms with Crippen LogP contribution in [-0.2, 0) is 0 Å². The third kappa shape index (κ3) is 2.72. The number of hydrogen-bond donors (Lipinski definition) is 2. The maximum Gasteiger partial charge on any atom is 0.0752 e. The lowest BCUT2D eigenvalue weighted by Crippen LogP contribution is -2.55. The van der Waals surface area contributed by atoms with Crippen LogP contribution >= 0.6 is 0 Å². The highest BCUT2D eigenvalue weighted by molar-refractivity contribution is 5.27. The molecule has 0 amide bonds. The van der Waals surface area contributed by atoms with Gasteiger partial charge in [-0.1, -0.05) is 46.3 Å². The van der Waals surface area contributed by atoms with Crippen LogP contribution in [0.5, 0.6) is 0 Å². The second-order valence-corrected chi connectivity index (χ2v) is 11.2. The average molecular weight is 375 g/mol. The van der Waals surface area contributed by atoms with E-state index in [1.807, 2.05) is 0 Å². The molecule has 4 unspecified atom stereocenters. The molecule has 0 spiro atoms. The molecule has 4 rings (SSSR count). The highest BCUT2D eigenvalue weighted by Crippen LogP contribution is 2.68. The van der Waals surface area contributed by atoms with Crippen LogP contribution in [0.25, 0.3) is 0 Å². The SMILES string of the molecule is CC1C(O)C=C2CC[C@@H]3[C@@H](CC[C@]4(C)[C@@H](C(C)CCO)CC[C@@H]34)[C@]2(C)C1C. The summed E-state index contributed by atoms with van der Waals surface area (Å²) in [6.07, 6.45) is 11.0. The molecule has 0 saturated heterocycles. The monoisotopic (exact) mass is 374 g/mol. The zero-order chi connectivity index (χ0) is 19.6. The minimum Gasteiger partial charge on any atom is -0.396 e. The first-order valence-corrected chi connectivity index (χ1v) is 11.7. The van der Waals surface area contributed by atoms with Crippen LogP contribution in [0, 0.1) is 52.3 Å². The quantitative estimate of drug-likeness (QED) is 0.646. The maximum absolute atomic E-state index is 10.5. The van der Waals surface area contributed by atoms with E-state index in [1.54, 1.807) is 5.57 Å². The van der Waals surface area contributed by atoms with Crippen LogP contribution in [-0.4, -0.2) is 22.9 Å². The van der Waals surface area contributed by atoms with Crippen molar-refractivity contribution >= 4 is 0 Å². The van der Waals surface area contributed by atoms with E-state index in [0.717, 1.165) is 30.1 Å². The maximum atomic E-state index is 10.5. The van der Waals surface area contributed by atoms with Crippen molar-refractivity contribution in [3.63, 3.8) is 0 Å². The molecule has 3 fully saturated rings. The summed E-state index contributed by atoms with van der Waals surface area (Å²) in [5, 5.41) is 20.0. The predicted octanol–water partition coefficient (Wildman–Crippen LogP) is 5.44. The molecule has 154 valence electrons. The molecular formula is C25H42O2. The lowest BCUT2D eigenvalue weighted by atomic mass is 9.43. The van der Waals surface area contributed by atoms with Crippen LogP contribution in [0.15, 0.2) is 11.6 Å². The van der Waals surface area contributed by atoms with E-state index in [-0.39, 0.29) is 11.5 Å². The van der Waals surface area contributed by atoms with Gasteiger partial charge in [0.2, 0.25) is 0 Å². The van der Waals surface area contributed by atoms with Gasteiger partial charge in [0, 0.05) is 6.61 Å². The molecule has 2 nitrogen and oxygen atoms in total. The summed E-state index contributed by atoms with van der Waals surface area (Å²) in [7, 11) is 0. The molecule has 0 aliphatic heterocycles. The topological polar surface area (TPSA) is 40.5 Å². The lowest BCUT2D eigenvalue weighted by molar-refractivity contribution is -0.0903. The summed E-state index contributed by atoms with van der Waals surface area (Å²) >= 11 is 0. The zero-order valence-corrected chi connectivity index (χ0v) is 18.2. The number of aliphatic hydroxyl groups is 2. The Morgan fingerprint density at radius 2 is 1.85 bits per heavy atom. The first-order valence-electron chi connectivity index (χ1n) is 11.7. The Balaban J connectivity index is 1.64. The Morgan fingerprint density at radius 1 is 1.11 bits per heavy atom. The Morgan fingerprint density at radius 3 is 2.56 bits per heavy atom. The zero-order valence-electron chi connectivity index (χ0n) is 18.2. The van der Waals surface area contributed by atoms with Crippen molar-refractivity contribution in [2.24, 2.45) is 52.3 Å². The van der Waals surface area contributed by atoms with Crippen LogP contribution in [0.1, 0.15) is 79.6 Å². The molecule has 2 N–H and O–H groups in total. The van der Waals surface area contributed by atoms with E-state index in [1.165, 1.54) is 38.5 Å². The van der Waals surface area contributed by atoms with Gasteiger partial charge in [0.05, 0.1) is 6.10 Å². The normalized spacial score (nSPS) is 53.1. The average Bonchev–Trinajstić information content (AvgIpc) is 2.99. The molecule has 0 radical (unpaired) electrons. The third-order valence-electron chi connectivity index (χ3n) is 10.6. The molecule has 0 aromatic heterocycles. The van der Waals surface area contributed by atoms with Gasteiger partial charge in [-0.05, 0) is 97.2 Å². The van der Waals surface area contributed by atoms with E-state index in [4.69, 9.17) is 0 Å². The van der Waals surface area contributed by atoms with E-state index >= 15 is 0 Å². The molecule has 0 heterocycles. The third-order valence-corrected chi connectivity index (χ3v) is 10.6. The van der Waals surface area contributed by atoms with Crippen LogP contribution in [0.4, 0.5) is 0 Å². The molecule has 0 aromatic rings. The number of hydrogen-bond acceptors (Lipinski definition) is 2.